The predicted molar refractivity (Wildman–Crippen MR) is 86.1 cm³/mol. The molecule has 0 unspecified atom stereocenters. The van der Waals surface area contributed by atoms with E-state index in [9.17, 15) is 9.18 Å². The van der Waals surface area contributed by atoms with Gasteiger partial charge in [-0.3, -0.25) is 14.5 Å². The standard InChI is InChI=1S/C16H21FN2O2.CH2O2/c1-18-7-13-8-19(9-15(18)11-21-10-13)16(20)6-12-2-4-14(17)5-3-12;2-1-3/h2-5,13,15H,6-11H2,1H3;1H,(H,2,3)/t13-,15+;/m1./s1. The third kappa shape index (κ3) is 5.01. The molecule has 2 aliphatic heterocycles. The fourth-order valence-corrected chi connectivity index (χ4v) is 3.14. The average Bonchev–Trinajstić information content (AvgIpc) is 2.79. The Kier molecular flexibility index (Phi) is 6.69. The molecule has 0 spiro atoms. The van der Waals surface area contributed by atoms with Crippen molar-refractivity contribution in [1.29, 1.82) is 0 Å². The number of rotatable bonds is 2. The molecule has 2 bridgehead atoms. The molecule has 2 heterocycles. The van der Waals surface area contributed by atoms with Crippen LogP contribution in [0, 0.1) is 11.7 Å². The first-order valence-corrected chi connectivity index (χ1v) is 7.91. The lowest BCUT2D eigenvalue weighted by atomic mass is 10.1. The molecule has 6 nitrogen and oxygen atoms in total. The maximum absolute atomic E-state index is 12.9. The minimum absolute atomic E-state index is 0.119. The van der Waals surface area contributed by atoms with Crippen LogP contribution in [0.15, 0.2) is 24.3 Å². The summed E-state index contributed by atoms with van der Waals surface area (Å²) in [6.07, 6.45) is 0.338. The van der Waals surface area contributed by atoms with Crippen LogP contribution in [0.1, 0.15) is 5.56 Å². The quantitative estimate of drug-likeness (QED) is 0.810. The van der Waals surface area contributed by atoms with Crippen molar-refractivity contribution in [3.05, 3.63) is 35.6 Å². The van der Waals surface area contributed by atoms with Crippen LogP contribution in [0.25, 0.3) is 0 Å². The van der Waals surface area contributed by atoms with E-state index in [0.29, 0.717) is 25.5 Å². The molecule has 7 heteroatoms. The molecule has 2 aliphatic rings. The first kappa shape index (κ1) is 18.4. The monoisotopic (exact) mass is 338 g/mol. The highest BCUT2D eigenvalue weighted by Gasteiger charge is 2.33. The lowest BCUT2D eigenvalue weighted by molar-refractivity contribution is -0.132. The Hall–Kier alpha value is -1.99. The highest BCUT2D eigenvalue weighted by molar-refractivity contribution is 5.78. The van der Waals surface area contributed by atoms with Crippen molar-refractivity contribution >= 4 is 12.4 Å². The van der Waals surface area contributed by atoms with E-state index in [0.717, 1.165) is 25.3 Å². The molecule has 1 amide bonds. The Morgan fingerprint density at radius 2 is 1.96 bits per heavy atom. The summed E-state index contributed by atoms with van der Waals surface area (Å²) in [6, 6.07) is 6.44. The molecule has 0 radical (unpaired) electrons. The van der Waals surface area contributed by atoms with Crippen LogP contribution >= 0.6 is 0 Å². The molecule has 0 aliphatic carbocycles. The van der Waals surface area contributed by atoms with Crippen LogP contribution in [0.5, 0.6) is 0 Å². The molecule has 1 aromatic rings. The predicted octanol–water partition coefficient (Wildman–Crippen LogP) is 0.858. The smallest absolute Gasteiger partial charge is 0.290 e. The Morgan fingerprint density at radius 3 is 2.62 bits per heavy atom. The Bertz CT molecular complexity index is 552. The number of hydrogen-bond donors (Lipinski definition) is 1. The van der Waals surface area contributed by atoms with Crippen molar-refractivity contribution in [2.45, 2.75) is 12.5 Å². The normalized spacial score (nSPS) is 23.7. The molecule has 0 saturated carbocycles. The van der Waals surface area contributed by atoms with E-state index in [1.54, 1.807) is 12.1 Å². The summed E-state index contributed by atoms with van der Waals surface area (Å²) in [5.41, 5.74) is 0.861. The zero-order valence-corrected chi connectivity index (χ0v) is 13.7. The number of amides is 1. The zero-order chi connectivity index (χ0) is 17.5. The molecule has 3 rings (SSSR count). The van der Waals surface area contributed by atoms with E-state index >= 15 is 0 Å². The molecule has 0 aromatic heterocycles. The molecule has 24 heavy (non-hydrogen) atoms. The summed E-state index contributed by atoms with van der Waals surface area (Å²) in [5, 5.41) is 6.89. The molecule has 1 N–H and O–H groups in total. The number of likely N-dealkylation sites (N-methyl/N-ethyl adjacent to an activating group) is 1. The van der Waals surface area contributed by atoms with Gasteiger partial charge in [-0.05, 0) is 24.7 Å². The van der Waals surface area contributed by atoms with Gasteiger partial charge in [0.15, 0.2) is 0 Å². The maximum Gasteiger partial charge on any atom is 0.290 e. The molecule has 2 atom stereocenters. The van der Waals surface area contributed by atoms with E-state index in [1.807, 2.05) is 4.90 Å². The fraction of sp³-hybridized carbons (Fsp3) is 0.529. The third-order valence-electron chi connectivity index (χ3n) is 4.36. The minimum Gasteiger partial charge on any atom is -0.483 e. The van der Waals surface area contributed by atoms with E-state index in [4.69, 9.17) is 14.6 Å². The van der Waals surface area contributed by atoms with Gasteiger partial charge in [-0.1, -0.05) is 12.1 Å². The first-order valence-electron chi connectivity index (χ1n) is 7.91. The molecular formula is C17H23FN2O4. The fourth-order valence-electron chi connectivity index (χ4n) is 3.14. The number of fused-ring (bicyclic) bond motifs is 3. The van der Waals surface area contributed by atoms with Gasteiger partial charge in [-0.2, -0.15) is 0 Å². The van der Waals surface area contributed by atoms with Gasteiger partial charge < -0.3 is 14.7 Å². The highest BCUT2D eigenvalue weighted by Crippen LogP contribution is 2.19. The number of carboxylic acid groups (broad SMARTS) is 1. The molecule has 2 saturated heterocycles. The van der Waals surface area contributed by atoms with Crippen molar-refractivity contribution in [2.75, 3.05) is 39.9 Å². The third-order valence-corrected chi connectivity index (χ3v) is 4.36. The van der Waals surface area contributed by atoms with Crippen molar-refractivity contribution in [1.82, 2.24) is 9.80 Å². The van der Waals surface area contributed by atoms with Gasteiger partial charge in [-0.15, -0.1) is 0 Å². The highest BCUT2D eigenvalue weighted by atomic mass is 19.1. The second-order valence-electron chi connectivity index (χ2n) is 6.20. The van der Waals surface area contributed by atoms with Crippen molar-refractivity contribution in [3.63, 3.8) is 0 Å². The summed E-state index contributed by atoms with van der Waals surface area (Å²) in [5.74, 6) is 0.225. The number of carbonyl (C=O) groups excluding carboxylic acids is 1. The second-order valence-corrected chi connectivity index (χ2v) is 6.20. The second kappa shape index (κ2) is 8.75. The van der Waals surface area contributed by atoms with Gasteiger partial charge in [0.25, 0.3) is 6.47 Å². The Labute approximate surface area is 140 Å². The number of nitrogens with zero attached hydrogens (tertiary/aromatic N) is 2. The van der Waals surface area contributed by atoms with Gasteiger partial charge in [0.05, 0.1) is 25.7 Å². The van der Waals surface area contributed by atoms with Crippen LogP contribution in [0.3, 0.4) is 0 Å². The SMILES string of the molecule is CN1C[C@H]2COC[C@@H]1CN(C(=O)Cc1ccc(F)cc1)C2.O=CO. The Balaban J connectivity index is 0.000000647. The number of carbonyl (C=O) groups is 2. The number of benzene rings is 1. The summed E-state index contributed by atoms with van der Waals surface area (Å²) >= 11 is 0. The molecule has 1 aromatic carbocycles. The zero-order valence-electron chi connectivity index (χ0n) is 13.7. The van der Waals surface area contributed by atoms with Gasteiger partial charge in [0.2, 0.25) is 5.91 Å². The van der Waals surface area contributed by atoms with Crippen LogP contribution < -0.4 is 0 Å². The average molecular weight is 338 g/mol. The van der Waals surface area contributed by atoms with E-state index in [2.05, 4.69) is 11.9 Å². The molecule has 132 valence electrons. The summed E-state index contributed by atoms with van der Waals surface area (Å²) < 4.78 is 18.6. The van der Waals surface area contributed by atoms with Gasteiger partial charge in [-0.25, -0.2) is 4.39 Å². The minimum atomic E-state index is -0.269. The first-order chi connectivity index (χ1) is 11.5. The van der Waals surface area contributed by atoms with Gasteiger partial charge in [0, 0.05) is 25.6 Å². The van der Waals surface area contributed by atoms with E-state index in [-0.39, 0.29) is 24.2 Å². The topological polar surface area (TPSA) is 70.1 Å². The van der Waals surface area contributed by atoms with E-state index < -0.39 is 0 Å². The lowest BCUT2D eigenvalue weighted by Gasteiger charge is -2.29. The van der Waals surface area contributed by atoms with Crippen LogP contribution in [0.4, 0.5) is 4.39 Å². The van der Waals surface area contributed by atoms with Crippen LogP contribution in [0.2, 0.25) is 0 Å². The van der Waals surface area contributed by atoms with Crippen molar-refractivity contribution in [3.8, 4) is 0 Å². The van der Waals surface area contributed by atoms with Crippen LogP contribution in [-0.2, 0) is 20.7 Å². The van der Waals surface area contributed by atoms with Crippen molar-refractivity contribution < 1.29 is 23.8 Å². The van der Waals surface area contributed by atoms with Gasteiger partial charge >= 0.3 is 0 Å². The van der Waals surface area contributed by atoms with Crippen molar-refractivity contribution in [2.24, 2.45) is 5.92 Å². The largest absolute Gasteiger partial charge is 0.483 e. The van der Waals surface area contributed by atoms with Crippen LogP contribution in [-0.4, -0.2) is 73.2 Å². The lowest BCUT2D eigenvalue weighted by Crippen LogP contribution is -2.45. The molecule has 2 fully saturated rings. The van der Waals surface area contributed by atoms with Gasteiger partial charge in [0.1, 0.15) is 5.82 Å². The maximum atomic E-state index is 12.9. The summed E-state index contributed by atoms with van der Waals surface area (Å²) in [4.78, 5) is 25.1. The van der Waals surface area contributed by atoms with E-state index in [1.165, 1.54) is 12.1 Å². The summed E-state index contributed by atoms with van der Waals surface area (Å²) in [6.45, 7) is 3.60. The number of ether oxygens (including phenoxy) is 1. The Morgan fingerprint density at radius 1 is 1.29 bits per heavy atom. The number of halogens is 1. The molecular weight excluding hydrogens is 315 g/mol. The number of hydrogen-bond acceptors (Lipinski definition) is 4. The summed E-state index contributed by atoms with van der Waals surface area (Å²) in [7, 11) is 2.10.